The Morgan fingerprint density at radius 2 is 2.04 bits per heavy atom. The fraction of sp³-hybridized carbons (Fsp3) is 0.789. The van der Waals surface area contributed by atoms with Gasteiger partial charge in [0.1, 0.15) is 30.5 Å². The van der Waals surface area contributed by atoms with Crippen molar-refractivity contribution >= 4 is 11.9 Å². The van der Waals surface area contributed by atoms with E-state index in [1.165, 1.54) is 19.4 Å². The molecule has 1 N–H and O–H groups in total. The number of hydrogen-bond donors (Lipinski definition) is 1. The largest absolute Gasteiger partial charge is 0.465 e. The Morgan fingerprint density at radius 3 is 2.62 bits per heavy atom. The predicted molar refractivity (Wildman–Crippen MR) is 89.1 cm³/mol. The third-order valence-corrected chi connectivity index (χ3v) is 7.08. The van der Waals surface area contributed by atoms with Crippen molar-refractivity contribution in [3.8, 4) is 0 Å². The van der Waals surface area contributed by atoms with Crippen LogP contribution in [0.5, 0.6) is 0 Å². The van der Waals surface area contributed by atoms with Crippen molar-refractivity contribution in [2.24, 2.45) is 10.8 Å². The van der Waals surface area contributed by atoms with Crippen LogP contribution < -0.4 is 0 Å². The average Bonchev–Trinajstić information content (AvgIpc) is 3.34. The summed E-state index contributed by atoms with van der Waals surface area (Å²) in [4.78, 5) is 23.4. The second-order valence-electron chi connectivity index (χ2n) is 8.33. The fourth-order valence-corrected chi connectivity index (χ4v) is 5.60. The Balaban J connectivity index is 1.86. The van der Waals surface area contributed by atoms with Gasteiger partial charge in [-0.1, -0.05) is 18.6 Å². The van der Waals surface area contributed by atoms with Crippen LogP contribution in [0.25, 0.3) is 0 Å². The van der Waals surface area contributed by atoms with Crippen LogP contribution in [0.3, 0.4) is 0 Å². The van der Waals surface area contributed by atoms with Crippen molar-refractivity contribution in [2.75, 3.05) is 13.2 Å². The molecule has 2 aliphatic heterocycles. The topological polar surface area (TPSA) is 94.6 Å². The maximum absolute atomic E-state index is 11.8. The zero-order valence-electron chi connectivity index (χ0n) is 15.6. The molecule has 7 nitrogen and oxygen atoms in total. The number of carbonyl (C=O) groups is 2. The van der Waals surface area contributed by atoms with E-state index in [1.807, 2.05) is 13.8 Å². The molecule has 7 heteroatoms. The van der Waals surface area contributed by atoms with Gasteiger partial charge in [0.25, 0.3) is 0 Å². The number of hydrogen-bond acceptors (Lipinski definition) is 7. The van der Waals surface area contributed by atoms with Gasteiger partial charge in [-0.3, -0.25) is 9.59 Å². The van der Waals surface area contributed by atoms with Crippen molar-refractivity contribution in [3.05, 3.63) is 11.6 Å². The first-order chi connectivity index (χ1) is 12.2. The number of carbonyl (C=O) groups excluding carboxylic acids is 2. The molecule has 2 bridgehead atoms. The van der Waals surface area contributed by atoms with Crippen LogP contribution in [0.2, 0.25) is 0 Å². The summed E-state index contributed by atoms with van der Waals surface area (Å²) in [5.74, 6) is -0.830. The molecule has 4 rings (SSSR count). The summed E-state index contributed by atoms with van der Waals surface area (Å²) in [7, 11) is 0. The number of epoxide rings is 1. The number of ether oxygens (including phenoxy) is 4. The van der Waals surface area contributed by atoms with Gasteiger partial charge in [-0.25, -0.2) is 0 Å². The Labute approximate surface area is 152 Å². The Morgan fingerprint density at radius 1 is 1.35 bits per heavy atom. The lowest BCUT2D eigenvalue weighted by Gasteiger charge is -2.58. The molecule has 0 amide bonds. The van der Waals surface area contributed by atoms with Crippen LogP contribution >= 0.6 is 0 Å². The van der Waals surface area contributed by atoms with E-state index < -0.39 is 40.7 Å². The van der Waals surface area contributed by atoms with Crippen LogP contribution in [-0.4, -0.2) is 60.3 Å². The molecule has 0 aromatic carbocycles. The quantitative estimate of drug-likeness (QED) is 0.454. The molecule has 1 spiro atoms. The van der Waals surface area contributed by atoms with Gasteiger partial charge in [-0.2, -0.15) is 0 Å². The minimum atomic E-state index is -0.986. The molecule has 4 aliphatic rings. The molecule has 2 unspecified atom stereocenters. The van der Waals surface area contributed by atoms with Gasteiger partial charge < -0.3 is 24.1 Å². The Hall–Kier alpha value is -1.44. The van der Waals surface area contributed by atoms with Gasteiger partial charge in [0.15, 0.2) is 0 Å². The average molecular weight is 366 g/mol. The number of allylic oxidation sites excluding steroid dienone is 1. The van der Waals surface area contributed by atoms with Crippen LogP contribution in [0.1, 0.15) is 40.5 Å². The number of aliphatic hydroxyl groups is 1. The molecular weight excluding hydrogens is 340 g/mol. The maximum Gasteiger partial charge on any atom is 0.303 e. The Bertz CT molecular complexity index is 681. The molecule has 3 fully saturated rings. The molecule has 0 aromatic heterocycles. The SMILES string of the molecule is CC(=O)OC[C@]12CCC(C)=CC1O[C@H]1[C@H](O)[C@H](OC(C)=O)[C@]2(C)C12CO2. The van der Waals surface area contributed by atoms with Crippen molar-refractivity contribution in [1.82, 2.24) is 0 Å². The molecule has 1 saturated carbocycles. The third kappa shape index (κ3) is 2.05. The molecule has 144 valence electrons. The summed E-state index contributed by atoms with van der Waals surface area (Å²) < 4.78 is 23.3. The maximum atomic E-state index is 11.8. The highest BCUT2D eigenvalue weighted by atomic mass is 16.7. The van der Waals surface area contributed by atoms with E-state index >= 15 is 0 Å². The molecule has 26 heavy (non-hydrogen) atoms. The van der Waals surface area contributed by atoms with E-state index in [0.29, 0.717) is 13.0 Å². The predicted octanol–water partition coefficient (Wildman–Crippen LogP) is 1.12. The minimum Gasteiger partial charge on any atom is -0.465 e. The third-order valence-electron chi connectivity index (χ3n) is 7.08. The summed E-state index contributed by atoms with van der Waals surface area (Å²) in [6, 6.07) is 0. The smallest absolute Gasteiger partial charge is 0.303 e. The van der Waals surface area contributed by atoms with E-state index in [0.717, 1.165) is 6.42 Å². The molecule has 2 aliphatic carbocycles. The normalized spacial score (nSPS) is 48.6. The lowest BCUT2D eigenvalue weighted by Crippen LogP contribution is -2.66. The first-order valence-corrected chi connectivity index (χ1v) is 9.13. The highest BCUT2D eigenvalue weighted by molar-refractivity contribution is 5.67. The van der Waals surface area contributed by atoms with E-state index in [2.05, 4.69) is 6.08 Å². The molecule has 0 radical (unpaired) electrons. The molecular formula is C19H26O7. The summed E-state index contributed by atoms with van der Waals surface area (Å²) in [5.41, 5.74) is -0.890. The van der Waals surface area contributed by atoms with Crippen molar-refractivity contribution in [2.45, 2.75) is 70.6 Å². The van der Waals surface area contributed by atoms with E-state index in [4.69, 9.17) is 18.9 Å². The van der Waals surface area contributed by atoms with Crippen molar-refractivity contribution < 1.29 is 33.6 Å². The van der Waals surface area contributed by atoms with Crippen LogP contribution in [0.4, 0.5) is 0 Å². The first-order valence-electron chi connectivity index (χ1n) is 9.13. The lowest BCUT2D eigenvalue weighted by molar-refractivity contribution is -0.233. The van der Waals surface area contributed by atoms with Crippen molar-refractivity contribution in [3.63, 3.8) is 0 Å². The highest BCUT2D eigenvalue weighted by Crippen LogP contribution is 2.72. The molecule has 2 saturated heterocycles. The van der Waals surface area contributed by atoms with E-state index in [9.17, 15) is 14.7 Å². The second kappa shape index (κ2) is 5.53. The van der Waals surface area contributed by atoms with Gasteiger partial charge >= 0.3 is 11.9 Å². The monoisotopic (exact) mass is 366 g/mol. The summed E-state index contributed by atoms with van der Waals surface area (Å²) in [5, 5.41) is 10.9. The molecule has 2 heterocycles. The first kappa shape index (κ1) is 17.9. The second-order valence-corrected chi connectivity index (χ2v) is 8.33. The lowest BCUT2D eigenvalue weighted by atomic mass is 9.51. The van der Waals surface area contributed by atoms with Gasteiger partial charge in [-0.15, -0.1) is 0 Å². The van der Waals surface area contributed by atoms with Gasteiger partial charge in [0.2, 0.25) is 0 Å². The summed E-state index contributed by atoms with van der Waals surface area (Å²) in [6.07, 6.45) is 0.896. The number of esters is 2. The standard InChI is InChI=1S/C19H26O7/c1-10-5-6-18(8-23-11(2)20)13(7-10)26-16-14(22)15(25-12(3)21)17(18,4)19(16)9-24-19/h7,13-16,22H,5-6,8-9H2,1-4H3/t13?,14-,15+,16+,17+,18-,19?/m1/s1. The molecule has 7 atom stereocenters. The van der Waals surface area contributed by atoms with Crippen LogP contribution in [0.15, 0.2) is 11.6 Å². The number of aliphatic hydroxyl groups excluding tert-OH is 1. The number of fused-ring (bicyclic) bond motifs is 2. The molecule has 0 aromatic rings. The number of rotatable bonds is 3. The zero-order valence-corrected chi connectivity index (χ0v) is 15.6. The Kier molecular flexibility index (Phi) is 3.82. The van der Waals surface area contributed by atoms with E-state index in [-0.39, 0.29) is 18.7 Å². The minimum absolute atomic E-state index is 0.135. The zero-order chi connectivity index (χ0) is 18.9. The van der Waals surface area contributed by atoms with Crippen LogP contribution in [-0.2, 0) is 28.5 Å². The highest BCUT2D eigenvalue weighted by Gasteiger charge is 2.85. The fourth-order valence-electron chi connectivity index (χ4n) is 5.60. The van der Waals surface area contributed by atoms with E-state index in [1.54, 1.807) is 0 Å². The van der Waals surface area contributed by atoms with Crippen LogP contribution in [0, 0.1) is 10.8 Å². The van der Waals surface area contributed by atoms with Gasteiger partial charge in [0.05, 0.1) is 18.1 Å². The summed E-state index contributed by atoms with van der Waals surface area (Å²) >= 11 is 0. The van der Waals surface area contributed by atoms with Crippen molar-refractivity contribution in [1.29, 1.82) is 0 Å². The van der Waals surface area contributed by atoms with Gasteiger partial charge in [-0.05, 0) is 19.8 Å². The van der Waals surface area contributed by atoms with Gasteiger partial charge in [0, 0.05) is 19.3 Å². The summed E-state index contributed by atoms with van der Waals surface area (Å²) in [6.45, 7) is 7.31.